The van der Waals surface area contributed by atoms with E-state index in [0.717, 1.165) is 0 Å². The Morgan fingerprint density at radius 1 is 1.26 bits per heavy atom. The zero-order chi connectivity index (χ0) is 15.2. The van der Waals surface area contributed by atoms with E-state index in [2.05, 4.69) is 5.32 Å². The highest BCUT2D eigenvalue weighted by Crippen LogP contribution is 2.16. The van der Waals surface area contributed by atoms with E-state index in [1.165, 1.54) is 6.92 Å². The van der Waals surface area contributed by atoms with Gasteiger partial charge in [0.25, 0.3) is 0 Å². The first-order valence-electron chi connectivity index (χ1n) is 6.34. The predicted molar refractivity (Wildman–Crippen MR) is 70.3 cm³/mol. The summed E-state index contributed by atoms with van der Waals surface area (Å²) in [6.07, 6.45) is -1.83. The summed E-state index contributed by atoms with van der Waals surface area (Å²) in [7, 11) is 0. The third-order valence-corrected chi connectivity index (χ3v) is 2.41. The van der Waals surface area contributed by atoms with E-state index in [-0.39, 0.29) is 12.5 Å². The van der Waals surface area contributed by atoms with Crippen molar-refractivity contribution < 1.29 is 24.2 Å². The molecule has 0 unspecified atom stereocenters. The summed E-state index contributed by atoms with van der Waals surface area (Å²) in [4.78, 5) is 22.3. The van der Waals surface area contributed by atoms with Gasteiger partial charge in [-0.05, 0) is 26.7 Å². The summed E-state index contributed by atoms with van der Waals surface area (Å²) in [6.45, 7) is 10.3. The summed E-state index contributed by atoms with van der Waals surface area (Å²) in [5.74, 6) is -0.782. The Bertz CT molecular complexity index is 309. The molecular weight excluding hydrogens is 250 g/mol. The molecule has 6 nitrogen and oxygen atoms in total. The van der Waals surface area contributed by atoms with Crippen LogP contribution in [0.1, 0.15) is 41.5 Å². The number of aliphatic hydroxyl groups excluding tert-OH is 1. The van der Waals surface area contributed by atoms with Crippen molar-refractivity contribution in [2.24, 2.45) is 11.8 Å². The van der Waals surface area contributed by atoms with Gasteiger partial charge in [0.15, 0.2) is 0 Å². The van der Waals surface area contributed by atoms with E-state index in [0.29, 0.717) is 0 Å². The molecule has 0 aromatic heterocycles. The van der Waals surface area contributed by atoms with Gasteiger partial charge in [-0.15, -0.1) is 0 Å². The molecule has 0 saturated heterocycles. The molecule has 112 valence electrons. The Kier molecular flexibility index (Phi) is 6.83. The van der Waals surface area contributed by atoms with Gasteiger partial charge in [-0.2, -0.15) is 0 Å². The van der Waals surface area contributed by atoms with Crippen LogP contribution in [-0.4, -0.2) is 35.6 Å². The van der Waals surface area contributed by atoms with Gasteiger partial charge >= 0.3 is 12.1 Å². The average Bonchev–Trinajstić information content (AvgIpc) is 2.12. The number of ether oxygens (including phenoxy) is 2. The van der Waals surface area contributed by atoms with Crippen LogP contribution in [0.15, 0.2) is 0 Å². The number of nitrogens with one attached hydrogen (secondary N) is 1. The molecule has 0 aliphatic heterocycles. The van der Waals surface area contributed by atoms with Crippen LogP contribution in [0.3, 0.4) is 0 Å². The van der Waals surface area contributed by atoms with Gasteiger partial charge in [-0.25, -0.2) is 4.79 Å². The van der Waals surface area contributed by atoms with Crippen LogP contribution >= 0.6 is 0 Å². The second kappa shape index (κ2) is 7.33. The average molecular weight is 275 g/mol. The number of amides is 1. The Labute approximate surface area is 114 Å². The van der Waals surface area contributed by atoms with Gasteiger partial charge in [0, 0.05) is 12.8 Å². The van der Waals surface area contributed by atoms with Gasteiger partial charge < -0.3 is 14.6 Å². The smallest absolute Gasteiger partial charge is 0.409 e. The normalized spacial score (nSPS) is 14.7. The SMILES string of the molecule is CC(=O)OC[C@@H](C(C)C)[C@H](O)NC(=O)OC(C)(C)C. The molecule has 2 atom stereocenters. The maximum atomic E-state index is 11.5. The first-order valence-corrected chi connectivity index (χ1v) is 6.34. The second-order valence-electron chi connectivity index (χ2n) is 5.80. The fourth-order valence-electron chi connectivity index (χ4n) is 1.40. The number of esters is 1. The maximum Gasteiger partial charge on any atom is 0.409 e. The number of carbonyl (C=O) groups is 2. The van der Waals surface area contributed by atoms with Crippen LogP contribution in [0.4, 0.5) is 4.79 Å². The van der Waals surface area contributed by atoms with Crippen LogP contribution in [0, 0.1) is 11.8 Å². The Hall–Kier alpha value is -1.30. The topological polar surface area (TPSA) is 84.9 Å². The molecule has 0 fully saturated rings. The molecule has 6 heteroatoms. The van der Waals surface area contributed by atoms with Crippen molar-refractivity contribution in [3.8, 4) is 0 Å². The highest BCUT2D eigenvalue weighted by molar-refractivity contribution is 5.68. The molecule has 0 saturated carbocycles. The van der Waals surface area contributed by atoms with Gasteiger partial charge in [-0.1, -0.05) is 13.8 Å². The van der Waals surface area contributed by atoms with Gasteiger partial charge in [0.05, 0.1) is 6.61 Å². The van der Waals surface area contributed by atoms with E-state index >= 15 is 0 Å². The van der Waals surface area contributed by atoms with Crippen molar-refractivity contribution in [1.82, 2.24) is 5.32 Å². The quantitative estimate of drug-likeness (QED) is 0.589. The second-order valence-corrected chi connectivity index (χ2v) is 5.80. The van der Waals surface area contributed by atoms with Crippen molar-refractivity contribution in [3.63, 3.8) is 0 Å². The molecule has 0 aliphatic rings. The molecular formula is C13H25NO5. The maximum absolute atomic E-state index is 11.5. The van der Waals surface area contributed by atoms with E-state index in [1.54, 1.807) is 20.8 Å². The van der Waals surface area contributed by atoms with Crippen molar-refractivity contribution in [2.75, 3.05) is 6.61 Å². The lowest BCUT2D eigenvalue weighted by Crippen LogP contribution is -2.46. The van der Waals surface area contributed by atoms with Crippen molar-refractivity contribution in [3.05, 3.63) is 0 Å². The van der Waals surface area contributed by atoms with Crippen LogP contribution in [0.2, 0.25) is 0 Å². The molecule has 1 amide bonds. The number of rotatable bonds is 5. The summed E-state index contributed by atoms with van der Waals surface area (Å²) < 4.78 is 9.92. The molecule has 0 aromatic rings. The molecule has 0 aromatic carbocycles. The van der Waals surface area contributed by atoms with Gasteiger partial charge in [0.2, 0.25) is 0 Å². The number of carbonyl (C=O) groups excluding carboxylic acids is 2. The number of alkyl carbamates (subject to hydrolysis) is 1. The number of aliphatic hydroxyl groups is 1. The van der Waals surface area contributed by atoms with Crippen molar-refractivity contribution in [2.45, 2.75) is 53.4 Å². The van der Waals surface area contributed by atoms with Crippen molar-refractivity contribution >= 4 is 12.1 Å². The Morgan fingerprint density at radius 2 is 1.79 bits per heavy atom. The lowest BCUT2D eigenvalue weighted by molar-refractivity contribution is -0.144. The molecule has 0 spiro atoms. The summed E-state index contributed by atoms with van der Waals surface area (Å²) in [5, 5.41) is 12.3. The van der Waals surface area contributed by atoms with E-state index in [4.69, 9.17) is 9.47 Å². The van der Waals surface area contributed by atoms with E-state index in [9.17, 15) is 14.7 Å². The van der Waals surface area contributed by atoms with Crippen LogP contribution in [-0.2, 0) is 14.3 Å². The largest absolute Gasteiger partial charge is 0.465 e. The van der Waals surface area contributed by atoms with Gasteiger partial charge in [-0.3, -0.25) is 10.1 Å². The molecule has 0 radical (unpaired) electrons. The zero-order valence-corrected chi connectivity index (χ0v) is 12.5. The van der Waals surface area contributed by atoms with E-state index < -0.39 is 29.8 Å². The monoisotopic (exact) mass is 275 g/mol. The van der Waals surface area contributed by atoms with Crippen LogP contribution in [0.25, 0.3) is 0 Å². The standard InChI is InChI=1S/C13H25NO5/c1-8(2)10(7-18-9(3)15)11(16)14-12(17)19-13(4,5)6/h8,10-11,16H,7H2,1-6H3,(H,14,17)/t10-,11-/m0/s1. The lowest BCUT2D eigenvalue weighted by Gasteiger charge is -2.27. The fraction of sp³-hybridized carbons (Fsp3) is 0.846. The summed E-state index contributed by atoms with van der Waals surface area (Å²) in [6, 6.07) is 0. The summed E-state index contributed by atoms with van der Waals surface area (Å²) >= 11 is 0. The zero-order valence-electron chi connectivity index (χ0n) is 12.5. The lowest BCUT2D eigenvalue weighted by atomic mass is 9.95. The third kappa shape index (κ3) is 8.42. The van der Waals surface area contributed by atoms with Crippen LogP contribution < -0.4 is 5.32 Å². The van der Waals surface area contributed by atoms with Crippen LogP contribution in [0.5, 0.6) is 0 Å². The number of hydrogen-bond acceptors (Lipinski definition) is 5. The highest BCUT2D eigenvalue weighted by atomic mass is 16.6. The minimum Gasteiger partial charge on any atom is -0.465 e. The minimum absolute atomic E-state index is 0.0317. The Balaban J connectivity index is 4.43. The van der Waals surface area contributed by atoms with Gasteiger partial charge in [0.1, 0.15) is 11.8 Å². The molecule has 0 aliphatic carbocycles. The third-order valence-electron chi connectivity index (χ3n) is 2.41. The molecule has 0 rings (SSSR count). The number of hydrogen-bond donors (Lipinski definition) is 2. The fourth-order valence-corrected chi connectivity index (χ4v) is 1.40. The van der Waals surface area contributed by atoms with Crippen molar-refractivity contribution in [1.29, 1.82) is 0 Å². The summed E-state index contributed by atoms with van der Waals surface area (Å²) in [5.41, 5.74) is -0.632. The van der Waals surface area contributed by atoms with E-state index in [1.807, 2.05) is 13.8 Å². The minimum atomic E-state index is -1.13. The first-order chi connectivity index (χ1) is 8.53. The highest BCUT2D eigenvalue weighted by Gasteiger charge is 2.27. The Morgan fingerprint density at radius 3 is 2.16 bits per heavy atom. The predicted octanol–water partition coefficient (Wildman–Crippen LogP) is 1.66. The molecule has 0 bridgehead atoms. The first kappa shape index (κ1) is 17.7. The molecule has 2 N–H and O–H groups in total. The molecule has 0 heterocycles. The molecule has 19 heavy (non-hydrogen) atoms.